The molecule has 0 aliphatic heterocycles. The lowest BCUT2D eigenvalue weighted by atomic mass is 10.2. The van der Waals surface area contributed by atoms with Crippen molar-refractivity contribution < 1.29 is 9.59 Å². The average Bonchev–Trinajstić information content (AvgIpc) is 2.44. The second-order valence-corrected chi connectivity index (χ2v) is 4.79. The van der Waals surface area contributed by atoms with Crippen molar-refractivity contribution >= 4 is 22.6 Å². The van der Waals surface area contributed by atoms with Crippen molar-refractivity contribution in [3.05, 3.63) is 40.4 Å². The number of para-hydroxylation sites is 1. The summed E-state index contributed by atoms with van der Waals surface area (Å²) < 4.78 is 1.27. The summed E-state index contributed by atoms with van der Waals surface area (Å²) in [7, 11) is 0. The molecule has 21 heavy (non-hydrogen) atoms. The van der Waals surface area contributed by atoms with E-state index in [1.54, 1.807) is 24.3 Å². The summed E-state index contributed by atoms with van der Waals surface area (Å²) in [5.41, 5.74) is 0.257. The number of rotatable bonds is 4. The van der Waals surface area contributed by atoms with Gasteiger partial charge in [-0.2, -0.15) is 0 Å². The van der Waals surface area contributed by atoms with Crippen LogP contribution in [0.1, 0.15) is 32.8 Å². The Bertz CT molecular complexity index is 764. The van der Waals surface area contributed by atoms with Crippen molar-refractivity contribution in [2.75, 3.05) is 0 Å². The van der Waals surface area contributed by atoms with Gasteiger partial charge in [-0.05, 0) is 19.1 Å². The fraction of sp³-hybridized carbons (Fsp3) is 0.333. The molecule has 2 rings (SSSR count). The number of aryl methyl sites for hydroxylation is 1. The van der Waals surface area contributed by atoms with Gasteiger partial charge in [0.1, 0.15) is 5.82 Å². The third kappa shape index (κ3) is 2.84. The predicted molar refractivity (Wildman–Crippen MR) is 78.9 cm³/mol. The number of nitrogens with one attached hydrogen (secondary N) is 1. The van der Waals surface area contributed by atoms with Gasteiger partial charge in [-0.25, -0.2) is 4.98 Å². The first kappa shape index (κ1) is 14.9. The van der Waals surface area contributed by atoms with Crippen LogP contribution in [0.15, 0.2) is 29.1 Å². The highest BCUT2D eigenvalue weighted by molar-refractivity contribution is 5.85. The van der Waals surface area contributed by atoms with Gasteiger partial charge in [0.05, 0.1) is 10.9 Å². The molecule has 0 spiro atoms. The van der Waals surface area contributed by atoms with Crippen LogP contribution >= 0.6 is 0 Å². The number of benzene rings is 1. The molecule has 0 radical (unpaired) electrons. The number of Topliss-reactive ketones (excluding diaryl/α,β-unsaturated/α-hetero) is 1. The second-order valence-electron chi connectivity index (χ2n) is 4.79. The highest BCUT2D eigenvalue weighted by Gasteiger charge is 2.22. The zero-order valence-electron chi connectivity index (χ0n) is 12.2. The zero-order valence-corrected chi connectivity index (χ0v) is 12.2. The Morgan fingerprint density at radius 3 is 2.52 bits per heavy atom. The van der Waals surface area contributed by atoms with Gasteiger partial charge in [0.15, 0.2) is 11.9 Å². The van der Waals surface area contributed by atoms with Crippen LogP contribution in [0.4, 0.5) is 0 Å². The van der Waals surface area contributed by atoms with Gasteiger partial charge < -0.3 is 5.32 Å². The maximum atomic E-state index is 12.7. The van der Waals surface area contributed by atoms with Crippen LogP contribution in [-0.4, -0.2) is 21.2 Å². The lowest BCUT2D eigenvalue weighted by Gasteiger charge is -2.21. The van der Waals surface area contributed by atoms with Crippen LogP contribution in [0.3, 0.4) is 0 Å². The van der Waals surface area contributed by atoms with E-state index in [9.17, 15) is 14.4 Å². The average molecular weight is 287 g/mol. The number of carbonyl (C=O) groups is 2. The molecular formula is C15H17N3O3. The molecule has 1 aromatic heterocycles. The molecule has 1 amide bonds. The number of fused-ring (bicyclic) bond motifs is 1. The molecule has 0 fully saturated rings. The number of amides is 1. The lowest BCUT2D eigenvalue weighted by Crippen LogP contribution is -2.42. The maximum Gasteiger partial charge on any atom is 0.263 e. The first-order valence-electron chi connectivity index (χ1n) is 6.73. The fourth-order valence-electron chi connectivity index (χ4n) is 2.25. The number of carbonyl (C=O) groups excluding carboxylic acids is 2. The molecule has 6 nitrogen and oxygen atoms in total. The van der Waals surface area contributed by atoms with Gasteiger partial charge in [0.25, 0.3) is 5.56 Å². The molecule has 6 heteroatoms. The van der Waals surface area contributed by atoms with Crippen LogP contribution < -0.4 is 10.9 Å². The van der Waals surface area contributed by atoms with Crippen molar-refractivity contribution in [1.29, 1.82) is 0 Å². The van der Waals surface area contributed by atoms with Crippen molar-refractivity contribution in [3.8, 4) is 0 Å². The van der Waals surface area contributed by atoms with E-state index in [2.05, 4.69) is 10.3 Å². The van der Waals surface area contributed by atoms with Crippen LogP contribution in [0.5, 0.6) is 0 Å². The molecule has 1 aromatic carbocycles. The predicted octanol–water partition coefficient (Wildman–Crippen LogP) is 1.18. The number of hydrogen-bond acceptors (Lipinski definition) is 4. The molecule has 1 atom stereocenters. The van der Waals surface area contributed by atoms with E-state index in [1.165, 1.54) is 18.4 Å². The molecule has 1 heterocycles. The number of hydrogen-bond donors (Lipinski definition) is 1. The summed E-state index contributed by atoms with van der Waals surface area (Å²) in [6.45, 7) is 4.49. The van der Waals surface area contributed by atoms with Crippen molar-refractivity contribution in [2.45, 2.75) is 33.4 Å². The smallest absolute Gasteiger partial charge is 0.263 e. The Morgan fingerprint density at radius 2 is 1.95 bits per heavy atom. The minimum absolute atomic E-state index is 0.320. The quantitative estimate of drug-likeness (QED) is 0.915. The van der Waals surface area contributed by atoms with Gasteiger partial charge in [-0.1, -0.05) is 19.1 Å². The Balaban J connectivity index is 2.76. The minimum Gasteiger partial charge on any atom is -0.329 e. The van der Waals surface area contributed by atoms with Crippen LogP contribution in [0.25, 0.3) is 10.9 Å². The molecule has 0 saturated carbocycles. The van der Waals surface area contributed by atoms with Crippen molar-refractivity contribution in [1.82, 2.24) is 14.9 Å². The number of nitrogens with zero attached hydrogens (tertiary/aromatic N) is 2. The van der Waals surface area contributed by atoms with Crippen LogP contribution in [0, 0.1) is 0 Å². The van der Waals surface area contributed by atoms with Crippen molar-refractivity contribution in [2.24, 2.45) is 0 Å². The minimum atomic E-state index is -1.03. The SMILES string of the molecule is CCc1nc2ccccc2c(=O)n1C(NC(C)=O)C(C)=O. The monoisotopic (exact) mass is 287 g/mol. The highest BCUT2D eigenvalue weighted by Crippen LogP contribution is 2.12. The first-order valence-corrected chi connectivity index (χ1v) is 6.73. The largest absolute Gasteiger partial charge is 0.329 e. The van der Waals surface area contributed by atoms with E-state index < -0.39 is 6.17 Å². The Hall–Kier alpha value is -2.50. The molecular weight excluding hydrogens is 270 g/mol. The molecule has 0 bridgehead atoms. The van der Waals surface area contributed by atoms with Gasteiger partial charge in [0, 0.05) is 13.3 Å². The van der Waals surface area contributed by atoms with Crippen LogP contribution in [-0.2, 0) is 16.0 Å². The van der Waals surface area contributed by atoms with Gasteiger partial charge in [0.2, 0.25) is 5.91 Å². The highest BCUT2D eigenvalue weighted by atomic mass is 16.2. The molecule has 110 valence electrons. The summed E-state index contributed by atoms with van der Waals surface area (Å²) in [5.74, 6) is -0.232. The molecule has 0 saturated heterocycles. The zero-order chi connectivity index (χ0) is 15.6. The summed E-state index contributed by atoms with van der Waals surface area (Å²) in [6, 6.07) is 6.95. The summed E-state index contributed by atoms with van der Waals surface area (Å²) in [6.07, 6.45) is -0.550. The van der Waals surface area contributed by atoms with Gasteiger partial charge in [-0.3, -0.25) is 19.0 Å². The third-order valence-electron chi connectivity index (χ3n) is 3.18. The number of ketones is 1. The molecule has 0 aliphatic rings. The van der Waals surface area contributed by atoms with Gasteiger partial charge >= 0.3 is 0 Å². The lowest BCUT2D eigenvalue weighted by molar-refractivity contribution is -0.127. The molecule has 0 aliphatic carbocycles. The first-order chi connectivity index (χ1) is 9.95. The summed E-state index contributed by atoms with van der Waals surface area (Å²) in [4.78, 5) is 40.2. The molecule has 2 aromatic rings. The van der Waals surface area contributed by atoms with Crippen molar-refractivity contribution in [3.63, 3.8) is 0 Å². The summed E-state index contributed by atoms with van der Waals surface area (Å²) in [5, 5.41) is 2.93. The van der Waals surface area contributed by atoms with E-state index in [0.29, 0.717) is 23.1 Å². The second kappa shape index (κ2) is 5.87. The number of aromatic nitrogens is 2. The third-order valence-corrected chi connectivity index (χ3v) is 3.18. The summed E-state index contributed by atoms with van der Waals surface area (Å²) >= 11 is 0. The fourth-order valence-corrected chi connectivity index (χ4v) is 2.25. The Morgan fingerprint density at radius 1 is 1.29 bits per heavy atom. The van der Waals surface area contributed by atoms with E-state index in [-0.39, 0.29) is 17.2 Å². The molecule has 1 N–H and O–H groups in total. The normalized spacial score (nSPS) is 12.1. The van der Waals surface area contributed by atoms with Crippen LogP contribution in [0.2, 0.25) is 0 Å². The Labute approximate surface area is 121 Å². The molecule has 1 unspecified atom stereocenters. The van der Waals surface area contributed by atoms with E-state index in [4.69, 9.17) is 0 Å². The van der Waals surface area contributed by atoms with E-state index in [1.807, 2.05) is 6.92 Å². The van der Waals surface area contributed by atoms with E-state index in [0.717, 1.165) is 0 Å². The Kier molecular flexibility index (Phi) is 4.16. The maximum absolute atomic E-state index is 12.7. The van der Waals surface area contributed by atoms with Gasteiger partial charge in [-0.15, -0.1) is 0 Å². The standard InChI is InChI=1S/C15H17N3O3/c1-4-13-17-12-8-6-5-7-11(12)15(21)18(13)14(9(2)19)16-10(3)20/h5-8,14H,4H2,1-3H3,(H,16,20). The van der Waals surface area contributed by atoms with E-state index >= 15 is 0 Å². The topological polar surface area (TPSA) is 81.1 Å².